The lowest BCUT2D eigenvalue weighted by Crippen LogP contribution is -2.57. The summed E-state index contributed by atoms with van der Waals surface area (Å²) in [7, 11) is 2.12. The summed E-state index contributed by atoms with van der Waals surface area (Å²) in [5.41, 5.74) is -0.963. The molecule has 0 aliphatic carbocycles. The van der Waals surface area contributed by atoms with E-state index >= 15 is 0 Å². The Morgan fingerprint density at radius 2 is 1.75 bits per heavy atom. The van der Waals surface area contributed by atoms with Crippen LogP contribution >= 0.6 is 0 Å². The number of methoxy groups -OCH3 is 2. The van der Waals surface area contributed by atoms with Crippen molar-refractivity contribution in [3.63, 3.8) is 0 Å². The van der Waals surface area contributed by atoms with E-state index in [0.717, 1.165) is 18.9 Å². The maximum Gasteiger partial charge on any atom is 0.361 e. The summed E-state index contributed by atoms with van der Waals surface area (Å²) < 4.78 is 15.0. The molecule has 0 amide bonds. The van der Waals surface area contributed by atoms with Crippen LogP contribution in [0.15, 0.2) is 0 Å². The zero-order chi connectivity index (χ0) is 18.0. The van der Waals surface area contributed by atoms with Gasteiger partial charge in [0.2, 0.25) is 5.69 Å². The molecule has 1 fully saturated rings. The van der Waals surface area contributed by atoms with Crippen LogP contribution < -0.4 is 0 Å². The molecular formula is C12H17N3O9. The smallest absolute Gasteiger partial charge is 0.361 e. The molecule has 1 aliphatic rings. The molecule has 0 saturated carbocycles. The van der Waals surface area contributed by atoms with Crippen LogP contribution in [0, 0.1) is 0 Å². The number of esters is 2. The lowest BCUT2D eigenvalue weighted by molar-refractivity contribution is -0.254. The summed E-state index contributed by atoms with van der Waals surface area (Å²) >= 11 is 0. The molecule has 1 aliphatic heterocycles. The van der Waals surface area contributed by atoms with E-state index in [9.17, 15) is 30.0 Å². The molecule has 134 valence electrons. The van der Waals surface area contributed by atoms with E-state index in [4.69, 9.17) is 4.74 Å². The minimum absolute atomic E-state index is 0.478. The predicted octanol–water partition coefficient (Wildman–Crippen LogP) is -3.18. The standard InChI is InChI=1S/C12H17N3O9/c1-22-11(20)5-6(12(21)23-2)15(14-13-5)10-9(19)8(18)7(17)4(3-16)24-10/h4,7-10,16-19H,3H2,1-2H3/t4-,7-,8+,9-,10-/m1/s1. The molecule has 12 heteroatoms. The average molecular weight is 347 g/mol. The van der Waals surface area contributed by atoms with Gasteiger partial charge in [-0.1, -0.05) is 5.21 Å². The second-order valence-electron chi connectivity index (χ2n) is 4.93. The fourth-order valence-electron chi connectivity index (χ4n) is 2.28. The quantitative estimate of drug-likeness (QED) is 0.404. The molecule has 2 heterocycles. The first-order valence-electron chi connectivity index (χ1n) is 6.79. The van der Waals surface area contributed by atoms with Gasteiger partial charge < -0.3 is 34.6 Å². The number of hydrogen-bond donors (Lipinski definition) is 4. The van der Waals surface area contributed by atoms with Crippen LogP contribution in [0.2, 0.25) is 0 Å². The van der Waals surface area contributed by atoms with Crippen molar-refractivity contribution < 1.29 is 44.2 Å². The predicted molar refractivity (Wildman–Crippen MR) is 71.7 cm³/mol. The lowest BCUT2D eigenvalue weighted by Gasteiger charge is -2.39. The van der Waals surface area contributed by atoms with Gasteiger partial charge in [0.25, 0.3) is 0 Å². The van der Waals surface area contributed by atoms with Crippen molar-refractivity contribution in [3.8, 4) is 0 Å². The first kappa shape index (κ1) is 18.2. The van der Waals surface area contributed by atoms with E-state index < -0.39 is 60.6 Å². The molecule has 24 heavy (non-hydrogen) atoms. The highest BCUT2D eigenvalue weighted by Gasteiger charge is 2.46. The second-order valence-corrected chi connectivity index (χ2v) is 4.93. The zero-order valence-electron chi connectivity index (χ0n) is 12.8. The van der Waals surface area contributed by atoms with Crippen molar-refractivity contribution in [1.82, 2.24) is 15.0 Å². The van der Waals surface area contributed by atoms with E-state index in [-0.39, 0.29) is 0 Å². The fraction of sp³-hybridized carbons (Fsp3) is 0.667. The Balaban J connectivity index is 2.49. The highest BCUT2D eigenvalue weighted by Crippen LogP contribution is 2.29. The minimum atomic E-state index is -1.72. The average Bonchev–Trinajstić information content (AvgIpc) is 3.03. The van der Waals surface area contributed by atoms with Gasteiger partial charge in [-0.25, -0.2) is 14.3 Å². The summed E-state index contributed by atoms with van der Waals surface area (Å²) in [6.07, 6.45) is -7.76. The second kappa shape index (κ2) is 7.19. The van der Waals surface area contributed by atoms with Gasteiger partial charge in [-0.3, -0.25) is 0 Å². The zero-order valence-corrected chi connectivity index (χ0v) is 12.8. The molecule has 0 radical (unpaired) electrons. The summed E-state index contributed by atoms with van der Waals surface area (Å²) in [5.74, 6) is -2.00. The number of rotatable bonds is 4. The Labute approximate surface area is 135 Å². The highest BCUT2D eigenvalue weighted by molar-refractivity contribution is 6.00. The Bertz CT molecular complexity index is 617. The van der Waals surface area contributed by atoms with Crippen molar-refractivity contribution in [2.45, 2.75) is 30.6 Å². The largest absolute Gasteiger partial charge is 0.464 e. The third kappa shape index (κ3) is 2.97. The van der Waals surface area contributed by atoms with Gasteiger partial charge in [0.05, 0.1) is 20.8 Å². The first-order chi connectivity index (χ1) is 11.4. The van der Waals surface area contributed by atoms with Gasteiger partial charge in [-0.05, 0) is 0 Å². The molecule has 0 bridgehead atoms. The van der Waals surface area contributed by atoms with Gasteiger partial charge in [0, 0.05) is 0 Å². The van der Waals surface area contributed by atoms with Crippen molar-refractivity contribution in [3.05, 3.63) is 11.4 Å². The van der Waals surface area contributed by atoms with Crippen molar-refractivity contribution in [2.24, 2.45) is 0 Å². The van der Waals surface area contributed by atoms with Gasteiger partial charge in [0.15, 0.2) is 11.9 Å². The molecule has 1 aromatic heterocycles. The van der Waals surface area contributed by atoms with Crippen LogP contribution in [0.5, 0.6) is 0 Å². The van der Waals surface area contributed by atoms with Crippen molar-refractivity contribution >= 4 is 11.9 Å². The topological polar surface area (TPSA) is 173 Å². The Hall–Kier alpha value is -2.12. The molecule has 0 spiro atoms. The molecule has 1 saturated heterocycles. The van der Waals surface area contributed by atoms with E-state index in [1.807, 2.05) is 0 Å². The van der Waals surface area contributed by atoms with Crippen LogP contribution in [-0.2, 0) is 14.2 Å². The summed E-state index contributed by atoms with van der Waals surface area (Å²) in [6, 6.07) is 0. The third-order valence-corrected chi connectivity index (χ3v) is 3.56. The molecule has 0 unspecified atom stereocenters. The van der Waals surface area contributed by atoms with Crippen LogP contribution in [0.1, 0.15) is 27.2 Å². The number of aromatic nitrogens is 3. The molecule has 5 atom stereocenters. The van der Waals surface area contributed by atoms with Gasteiger partial charge in [-0.15, -0.1) is 5.10 Å². The molecule has 2 rings (SSSR count). The number of aliphatic hydroxyl groups excluding tert-OH is 4. The molecule has 1 aromatic rings. The van der Waals surface area contributed by atoms with Gasteiger partial charge in [-0.2, -0.15) is 0 Å². The maximum absolute atomic E-state index is 12.0. The number of aliphatic hydroxyl groups is 4. The molecule has 0 aromatic carbocycles. The molecule has 12 nitrogen and oxygen atoms in total. The lowest BCUT2D eigenvalue weighted by atomic mass is 9.98. The Morgan fingerprint density at radius 3 is 2.29 bits per heavy atom. The van der Waals surface area contributed by atoms with Crippen LogP contribution in [0.4, 0.5) is 0 Å². The Morgan fingerprint density at radius 1 is 1.12 bits per heavy atom. The van der Waals surface area contributed by atoms with E-state index in [1.165, 1.54) is 0 Å². The van der Waals surface area contributed by atoms with Crippen LogP contribution in [0.3, 0.4) is 0 Å². The van der Waals surface area contributed by atoms with Crippen LogP contribution in [0.25, 0.3) is 0 Å². The fourth-order valence-corrected chi connectivity index (χ4v) is 2.28. The molecular weight excluding hydrogens is 330 g/mol. The molecule has 4 N–H and O–H groups in total. The van der Waals surface area contributed by atoms with Crippen LogP contribution in [-0.4, -0.2) is 92.6 Å². The maximum atomic E-state index is 12.0. The number of nitrogens with zero attached hydrogens (tertiary/aromatic N) is 3. The van der Waals surface area contributed by atoms with E-state index in [2.05, 4.69) is 19.8 Å². The van der Waals surface area contributed by atoms with Crippen molar-refractivity contribution in [1.29, 1.82) is 0 Å². The van der Waals surface area contributed by atoms with Gasteiger partial charge in [0.1, 0.15) is 24.4 Å². The summed E-state index contributed by atoms with van der Waals surface area (Å²) in [5, 5.41) is 45.9. The number of carbonyl (C=O) groups is 2. The van der Waals surface area contributed by atoms with Gasteiger partial charge >= 0.3 is 11.9 Å². The third-order valence-electron chi connectivity index (χ3n) is 3.56. The van der Waals surface area contributed by atoms with E-state index in [0.29, 0.717) is 0 Å². The number of ether oxygens (including phenoxy) is 3. The number of carbonyl (C=O) groups excluding carboxylic acids is 2. The number of hydrogen-bond acceptors (Lipinski definition) is 11. The van der Waals surface area contributed by atoms with E-state index in [1.54, 1.807) is 0 Å². The highest BCUT2D eigenvalue weighted by atomic mass is 16.6. The normalized spacial score (nSPS) is 30.0. The monoisotopic (exact) mass is 347 g/mol. The summed E-state index contributed by atoms with van der Waals surface area (Å²) in [4.78, 5) is 23.6. The minimum Gasteiger partial charge on any atom is -0.464 e. The Kier molecular flexibility index (Phi) is 5.46. The SMILES string of the molecule is COC(=O)c1nnn([C@@H]2O[C@H](CO)[C@@H](O)[C@H](O)[C@H]2O)c1C(=O)OC. The summed E-state index contributed by atoms with van der Waals surface area (Å²) in [6.45, 7) is -0.673. The first-order valence-corrected chi connectivity index (χ1v) is 6.79. The van der Waals surface area contributed by atoms with Crippen molar-refractivity contribution in [2.75, 3.05) is 20.8 Å².